The van der Waals surface area contributed by atoms with E-state index in [1.54, 1.807) is 29.3 Å². The third-order valence-electron chi connectivity index (χ3n) is 4.31. The minimum Gasteiger partial charge on any atom is -0.336 e. The van der Waals surface area contributed by atoms with Gasteiger partial charge < -0.3 is 4.90 Å². The zero-order chi connectivity index (χ0) is 19.3. The van der Waals surface area contributed by atoms with E-state index in [-0.39, 0.29) is 19.0 Å². The van der Waals surface area contributed by atoms with Gasteiger partial charge >= 0.3 is 0 Å². The summed E-state index contributed by atoms with van der Waals surface area (Å²) in [5, 5.41) is 1.91. The predicted molar refractivity (Wildman–Crippen MR) is 108 cm³/mol. The quantitative estimate of drug-likeness (QED) is 0.718. The topological polar surface area (TPSA) is 70.6 Å². The fraction of sp³-hybridized carbons (Fsp3) is 0.263. The second kappa shape index (κ2) is 8.69. The second-order valence-corrected chi connectivity index (χ2v) is 8.62. The van der Waals surface area contributed by atoms with E-state index in [0.717, 1.165) is 5.56 Å². The van der Waals surface area contributed by atoms with Gasteiger partial charge in [-0.3, -0.25) is 4.79 Å². The highest BCUT2D eigenvalue weighted by atomic mass is 32.2. The Morgan fingerprint density at radius 2 is 1.78 bits per heavy atom. The van der Waals surface area contributed by atoms with Crippen LogP contribution in [-0.2, 0) is 10.0 Å². The van der Waals surface area contributed by atoms with Gasteiger partial charge in [-0.25, -0.2) is 13.4 Å². The van der Waals surface area contributed by atoms with Gasteiger partial charge in [0.05, 0.1) is 5.56 Å². The molecule has 0 N–H and O–H groups in total. The lowest BCUT2D eigenvalue weighted by molar-refractivity contribution is 0.0694. The molecular weight excluding hydrogens is 382 g/mol. The number of hydrogen-bond donors (Lipinski definition) is 0. The van der Waals surface area contributed by atoms with Crippen molar-refractivity contribution in [3.05, 3.63) is 65.2 Å². The third kappa shape index (κ3) is 4.77. The molecule has 1 aromatic heterocycles. The second-order valence-electron chi connectivity index (χ2n) is 6.01. The zero-order valence-corrected chi connectivity index (χ0v) is 16.6. The summed E-state index contributed by atoms with van der Waals surface area (Å²) in [6, 6.07) is 12.8. The number of benzene rings is 1. The summed E-state index contributed by atoms with van der Waals surface area (Å²) in [6.07, 6.45) is 5.13. The van der Waals surface area contributed by atoms with Gasteiger partial charge in [-0.15, -0.1) is 11.8 Å². The molecule has 6 nitrogen and oxygen atoms in total. The Hall–Kier alpha value is -2.16. The van der Waals surface area contributed by atoms with Gasteiger partial charge in [0.2, 0.25) is 10.0 Å². The number of sulfonamides is 1. The molecule has 2 aromatic rings. The van der Waals surface area contributed by atoms with Crippen molar-refractivity contribution in [3.8, 4) is 0 Å². The average Bonchev–Trinajstić information content (AvgIpc) is 2.72. The van der Waals surface area contributed by atoms with Gasteiger partial charge in [0.25, 0.3) is 5.91 Å². The van der Waals surface area contributed by atoms with Crippen LogP contribution >= 0.6 is 11.8 Å². The molecule has 0 atom stereocenters. The first-order valence-electron chi connectivity index (χ1n) is 8.53. The molecule has 1 fully saturated rings. The van der Waals surface area contributed by atoms with E-state index < -0.39 is 10.0 Å². The molecule has 142 valence electrons. The molecule has 8 heteroatoms. The van der Waals surface area contributed by atoms with Crippen LogP contribution in [-0.4, -0.2) is 60.9 Å². The number of pyridine rings is 1. The summed E-state index contributed by atoms with van der Waals surface area (Å²) in [5.41, 5.74) is 1.39. The van der Waals surface area contributed by atoms with Crippen molar-refractivity contribution in [1.82, 2.24) is 14.2 Å². The molecule has 27 heavy (non-hydrogen) atoms. The van der Waals surface area contributed by atoms with E-state index in [2.05, 4.69) is 4.98 Å². The summed E-state index contributed by atoms with van der Waals surface area (Å²) < 4.78 is 26.5. The van der Waals surface area contributed by atoms with Crippen LogP contribution in [0.5, 0.6) is 0 Å². The van der Waals surface area contributed by atoms with Gasteiger partial charge in [-0.05, 0) is 30.0 Å². The molecule has 0 unspecified atom stereocenters. The van der Waals surface area contributed by atoms with Gasteiger partial charge in [-0.1, -0.05) is 30.3 Å². The summed E-state index contributed by atoms with van der Waals surface area (Å²) >= 11 is 1.42. The average molecular weight is 404 g/mol. The molecule has 0 bridgehead atoms. The van der Waals surface area contributed by atoms with E-state index in [1.807, 2.05) is 36.6 Å². The predicted octanol–water partition coefficient (Wildman–Crippen LogP) is 2.56. The number of nitrogens with zero attached hydrogens (tertiary/aromatic N) is 3. The molecule has 0 saturated carbocycles. The number of thioether (sulfide) groups is 1. The van der Waals surface area contributed by atoms with Gasteiger partial charge in [0.1, 0.15) is 5.03 Å². The zero-order valence-electron chi connectivity index (χ0n) is 15.0. The minimum atomic E-state index is -3.51. The van der Waals surface area contributed by atoms with E-state index in [4.69, 9.17) is 0 Å². The molecule has 0 spiro atoms. The first-order valence-corrected chi connectivity index (χ1v) is 11.3. The molecule has 1 aliphatic heterocycles. The molecule has 0 aliphatic carbocycles. The summed E-state index contributed by atoms with van der Waals surface area (Å²) in [7, 11) is -3.51. The number of piperazine rings is 1. The molecule has 1 aliphatic rings. The Bertz CT molecular complexity index is 922. The maximum atomic E-state index is 12.7. The van der Waals surface area contributed by atoms with Crippen molar-refractivity contribution >= 4 is 33.8 Å². The van der Waals surface area contributed by atoms with E-state index in [0.29, 0.717) is 23.7 Å². The van der Waals surface area contributed by atoms with Crippen LogP contribution in [0.3, 0.4) is 0 Å². The molecular formula is C19H21N3O3S2. The standard InChI is InChI=1S/C19H21N3O3S2/c1-26-18-17(8-5-10-20-18)19(23)21-11-13-22(14-12-21)27(24,25)15-9-16-6-3-2-4-7-16/h2-10,15H,11-14H2,1H3. The van der Waals surface area contributed by atoms with Crippen molar-refractivity contribution in [2.75, 3.05) is 32.4 Å². The highest BCUT2D eigenvalue weighted by Gasteiger charge is 2.28. The lowest BCUT2D eigenvalue weighted by Crippen LogP contribution is -2.50. The summed E-state index contributed by atoms with van der Waals surface area (Å²) in [4.78, 5) is 18.6. The Kier molecular flexibility index (Phi) is 6.30. The molecule has 1 saturated heterocycles. The third-order valence-corrected chi connectivity index (χ3v) is 6.59. The highest BCUT2D eigenvalue weighted by Crippen LogP contribution is 2.20. The van der Waals surface area contributed by atoms with Gasteiger partial charge in [0.15, 0.2) is 0 Å². The Balaban J connectivity index is 1.64. The number of amides is 1. The van der Waals surface area contributed by atoms with Crippen LogP contribution in [0, 0.1) is 0 Å². The Morgan fingerprint density at radius 3 is 2.44 bits per heavy atom. The smallest absolute Gasteiger partial charge is 0.256 e. The summed E-state index contributed by atoms with van der Waals surface area (Å²) in [6.45, 7) is 1.28. The van der Waals surface area contributed by atoms with E-state index in [9.17, 15) is 13.2 Å². The molecule has 2 heterocycles. The van der Waals surface area contributed by atoms with E-state index >= 15 is 0 Å². The van der Waals surface area contributed by atoms with Gasteiger partial charge in [0, 0.05) is 37.8 Å². The van der Waals surface area contributed by atoms with Crippen molar-refractivity contribution in [3.63, 3.8) is 0 Å². The number of hydrogen-bond acceptors (Lipinski definition) is 5. The van der Waals surface area contributed by atoms with Crippen LogP contribution in [0.2, 0.25) is 0 Å². The first-order chi connectivity index (χ1) is 13.0. The van der Waals surface area contributed by atoms with Crippen LogP contribution < -0.4 is 0 Å². The minimum absolute atomic E-state index is 0.107. The van der Waals surface area contributed by atoms with E-state index in [1.165, 1.54) is 21.5 Å². The molecule has 3 rings (SSSR count). The number of carbonyl (C=O) groups excluding carboxylic acids is 1. The maximum absolute atomic E-state index is 12.7. The fourth-order valence-electron chi connectivity index (χ4n) is 2.85. The molecule has 1 amide bonds. The van der Waals surface area contributed by atoms with Crippen molar-refractivity contribution in [1.29, 1.82) is 0 Å². The molecule has 0 radical (unpaired) electrons. The molecule has 1 aromatic carbocycles. The highest BCUT2D eigenvalue weighted by molar-refractivity contribution is 7.98. The maximum Gasteiger partial charge on any atom is 0.256 e. The van der Waals surface area contributed by atoms with Crippen molar-refractivity contribution in [2.24, 2.45) is 0 Å². The van der Waals surface area contributed by atoms with Crippen molar-refractivity contribution in [2.45, 2.75) is 5.03 Å². The first kappa shape index (κ1) is 19.6. The monoisotopic (exact) mass is 403 g/mol. The van der Waals surface area contributed by atoms with Crippen LogP contribution in [0.1, 0.15) is 15.9 Å². The number of rotatable bonds is 5. The largest absolute Gasteiger partial charge is 0.336 e. The van der Waals surface area contributed by atoms with Crippen LogP contribution in [0.15, 0.2) is 59.1 Å². The fourth-order valence-corrected chi connectivity index (χ4v) is 4.56. The van der Waals surface area contributed by atoms with Crippen LogP contribution in [0.4, 0.5) is 0 Å². The Labute approximate surface area is 163 Å². The van der Waals surface area contributed by atoms with Gasteiger partial charge in [-0.2, -0.15) is 4.31 Å². The SMILES string of the molecule is CSc1ncccc1C(=O)N1CCN(S(=O)(=O)C=Cc2ccccc2)CC1. The lowest BCUT2D eigenvalue weighted by atomic mass is 10.2. The lowest BCUT2D eigenvalue weighted by Gasteiger charge is -2.33. The number of aromatic nitrogens is 1. The Morgan fingerprint density at radius 1 is 1.07 bits per heavy atom. The number of carbonyl (C=O) groups is 1. The van der Waals surface area contributed by atoms with Crippen molar-refractivity contribution < 1.29 is 13.2 Å². The normalized spacial score (nSPS) is 16.0. The summed E-state index contributed by atoms with van der Waals surface area (Å²) in [5.74, 6) is -0.107. The van der Waals surface area contributed by atoms with Crippen LogP contribution in [0.25, 0.3) is 6.08 Å².